The Balaban J connectivity index is 1.92. The highest BCUT2D eigenvalue weighted by Crippen LogP contribution is 2.39. The van der Waals surface area contributed by atoms with Crippen molar-refractivity contribution in [1.82, 2.24) is 9.80 Å². The van der Waals surface area contributed by atoms with Gasteiger partial charge in [0, 0.05) is 26.7 Å². The number of urea groups is 1. The van der Waals surface area contributed by atoms with Crippen molar-refractivity contribution in [2.75, 3.05) is 26.7 Å². The lowest BCUT2D eigenvalue weighted by Gasteiger charge is -2.27. The largest absolute Gasteiger partial charge is 0.481 e. The topological polar surface area (TPSA) is 60.9 Å². The average Bonchev–Trinajstić information content (AvgIpc) is 2.92. The van der Waals surface area contributed by atoms with E-state index in [2.05, 4.69) is 6.92 Å². The molecular weight excluding hydrogens is 244 g/mol. The quantitative estimate of drug-likeness (QED) is 0.847. The monoisotopic (exact) mass is 268 g/mol. The predicted octanol–water partition coefficient (Wildman–Crippen LogP) is 1.88. The molecule has 108 valence electrons. The maximum Gasteiger partial charge on any atom is 0.319 e. The molecule has 0 aromatic heterocycles. The zero-order valence-corrected chi connectivity index (χ0v) is 12.1. The van der Waals surface area contributed by atoms with Gasteiger partial charge in [-0.3, -0.25) is 4.79 Å². The van der Waals surface area contributed by atoms with Crippen LogP contribution in [0.1, 0.15) is 33.1 Å². The summed E-state index contributed by atoms with van der Waals surface area (Å²) in [6, 6.07) is -0.0179. The van der Waals surface area contributed by atoms with Crippen molar-refractivity contribution < 1.29 is 14.7 Å². The van der Waals surface area contributed by atoms with E-state index in [-0.39, 0.29) is 6.03 Å². The van der Waals surface area contributed by atoms with Crippen LogP contribution in [0.2, 0.25) is 0 Å². The highest BCUT2D eigenvalue weighted by Gasteiger charge is 2.45. The number of hydrogen-bond acceptors (Lipinski definition) is 2. The van der Waals surface area contributed by atoms with Crippen molar-refractivity contribution in [2.24, 2.45) is 17.3 Å². The smallest absolute Gasteiger partial charge is 0.319 e. The molecule has 0 bridgehead atoms. The number of hydrogen-bond donors (Lipinski definition) is 1. The Morgan fingerprint density at radius 1 is 1.47 bits per heavy atom. The number of nitrogens with zero attached hydrogens (tertiary/aromatic N) is 2. The molecule has 1 saturated carbocycles. The highest BCUT2D eigenvalue weighted by atomic mass is 16.4. The molecule has 5 nitrogen and oxygen atoms in total. The first-order valence-corrected chi connectivity index (χ1v) is 7.13. The van der Waals surface area contributed by atoms with Crippen LogP contribution in [0.25, 0.3) is 0 Å². The minimum Gasteiger partial charge on any atom is -0.481 e. The molecule has 1 aliphatic heterocycles. The lowest BCUT2D eigenvalue weighted by atomic mass is 9.84. The highest BCUT2D eigenvalue weighted by molar-refractivity contribution is 5.79. The number of likely N-dealkylation sites (tertiary alicyclic amines) is 1. The van der Waals surface area contributed by atoms with Crippen LogP contribution < -0.4 is 0 Å². The number of aliphatic carboxylic acids is 1. The second-order valence-corrected chi connectivity index (χ2v) is 6.25. The van der Waals surface area contributed by atoms with Gasteiger partial charge in [-0.15, -0.1) is 0 Å². The van der Waals surface area contributed by atoms with Crippen LogP contribution in [0.5, 0.6) is 0 Å². The molecule has 0 aromatic carbocycles. The summed E-state index contributed by atoms with van der Waals surface area (Å²) in [5.74, 6) is 0.582. The van der Waals surface area contributed by atoms with Crippen molar-refractivity contribution in [3.8, 4) is 0 Å². The third kappa shape index (κ3) is 2.69. The van der Waals surface area contributed by atoms with Crippen molar-refractivity contribution in [1.29, 1.82) is 0 Å². The number of carboxylic acid groups (broad SMARTS) is 1. The van der Waals surface area contributed by atoms with Gasteiger partial charge in [0.1, 0.15) is 0 Å². The van der Waals surface area contributed by atoms with Gasteiger partial charge in [-0.1, -0.05) is 13.8 Å². The van der Waals surface area contributed by atoms with Crippen LogP contribution in [0.15, 0.2) is 0 Å². The van der Waals surface area contributed by atoms with E-state index < -0.39 is 11.4 Å². The SMILES string of the molecule is CCC1(C(=O)O)CCN(C(=O)N(C)CC2CC2C)C1. The van der Waals surface area contributed by atoms with Gasteiger partial charge in [0.15, 0.2) is 0 Å². The maximum absolute atomic E-state index is 12.3. The Kier molecular flexibility index (Phi) is 3.74. The molecular formula is C14H24N2O3. The van der Waals surface area contributed by atoms with E-state index in [4.69, 9.17) is 0 Å². The van der Waals surface area contributed by atoms with E-state index >= 15 is 0 Å². The summed E-state index contributed by atoms with van der Waals surface area (Å²) >= 11 is 0. The Labute approximate surface area is 114 Å². The minimum absolute atomic E-state index is 0.0179. The second kappa shape index (κ2) is 5.02. The summed E-state index contributed by atoms with van der Waals surface area (Å²) < 4.78 is 0. The molecule has 0 aromatic rings. The lowest BCUT2D eigenvalue weighted by Crippen LogP contribution is -2.43. The third-order valence-corrected chi connectivity index (χ3v) is 4.87. The summed E-state index contributed by atoms with van der Waals surface area (Å²) in [6.45, 7) is 5.79. The molecule has 5 heteroatoms. The van der Waals surface area contributed by atoms with Crippen molar-refractivity contribution >= 4 is 12.0 Å². The van der Waals surface area contributed by atoms with Gasteiger partial charge in [0.05, 0.1) is 5.41 Å². The molecule has 19 heavy (non-hydrogen) atoms. The van der Waals surface area contributed by atoms with Crippen LogP contribution in [0.3, 0.4) is 0 Å². The molecule has 3 unspecified atom stereocenters. The number of carbonyl (C=O) groups excluding carboxylic acids is 1. The molecule has 1 N–H and O–H groups in total. The predicted molar refractivity (Wildman–Crippen MR) is 71.8 cm³/mol. The summed E-state index contributed by atoms with van der Waals surface area (Å²) in [4.78, 5) is 27.1. The van der Waals surface area contributed by atoms with Crippen molar-refractivity contribution in [3.63, 3.8) is 0 Å². The standard InChI is InChI=1S/C14H24N2O3/c1-4-14(12(17)18)5-6-16(9-14)13(19)15(3)8-11-7-10(11)2/h10-11H,4-9H2,1-3H3,(H,17,18). The minimum atomic E-state index is -0.774. The van der Waals surface area contributed by atoms with Crippen LogP contribution >= 0.6 is 0 Å². The Morgan fingerprint density at radius 3 is 2.53 bits per heavy atom. The molecule has 2 amide bonds. The van der Waals surface area contributed by atoms with Gasteiger partial charge < -0.3 is 14.9 Å². The Bertz CT molecular complexity index is 385. The Hall–Kier alpha value is -1.26. The van der Waals surface area contributed by atoms with Gasteiger partial charge in [0.25, 0.3) is 0 Å². The molecule has 0 spiro atoms. The number of carboxylic acids is 1. The fourth-order valence-electron chi connectivity index (χ4n) is 2.97. The first-order valence-electron chi connectivity index (χ1n) is 7.13. The van der Waals surface area contributed by atoms with Crippen LogP contribution in [-0.2, 0) is 4.79 Å². The molecule has 2 rings (SSSR count). The summed E-state index contributed by atoms with van der Waals surface area (Å²) in [5, 5.41) is 9.34. The van der Waals surface area contributed by atoms with Gasteiger partial charge >= 0.3 is 12.0 Å². The molecule has 2 fully saturated rings. The molecule has 3 atom stereocenters. The third-order valence-electron chi connectivity index (χ3n) is 4.87. The van der Waals surface area contributed by atoms with E-state index in [1.165, 1.54) is 6.42 Å². The molecule has 2 aliphatic rings. The first-order chi connectivity index (χ1) is 8.89. The van der Waals surface area contributed by atoms with E-state index in [0.717, 1.165) is 12.5 Å². The van der Waals surface area contributed by atoms with E-state index in [0.29, 0.717) is 31.8 Å². The number of amides is 2. The van der Waals surface area contributed by atoms with Gasteiger partial charge in [-0.2, -0.15) is 0 Å². The molecule has 1 aliphatic carbocycles. The van der Waals surface area contributed by atoms with Crippen molar-refractivity contribution in [3.05, 3.63) is 0 Å². The maximum atomic E-state index is 12.3. The first kappa shape index (κ1) is 14.2. The second-order valence-electron chi connectivity index (χ2n) is 6.25. The van der Waals surface area contributed by atoms with Crippen LogP contribution in [0.4, 0.5) is 4.79 Å². The fourth-order valence-corrected chi connectivity index (χ4v) is 2.97. The molecule has 1 heterocycles. The van der Waals surface area contributed by atoms with Gasteiger partial charge in [0.2, 0.25) is 0 Å². The molecule has 1 saturated heterocycles. The Morgan fingerprint density at radius 2 is 2.11 bits per heavy atom. The van der Waals surface area contributed by atoms with Gasteiger partial charge in [-0.25, -0.2) is 4.79 Å². The van der Waals surface area contributed by atoms with Crippen LogP contribution in [0, 0.1) is 17.3 Å². The number of carbonyl (C=O) groups is 2. The van der Waals surface area contributed by atoms with Crippen molar-refractivity contribution in [2.45, 2.75) is 33.1 Å². The van der Waals surface area contributed by atoms with E-state index in [1.807, 2.05) is 14.0 Å². The average molecular weight is 268 g/mol. The lowest BCUT2D eigenvalue weighted by molar-refractivity contribution is -0.148. The summed E-state index contributed by atoms with van der Waals surface area (Å²) in [6.07, 6.45) is 2.35. The summed E-state index contributed by atoms with van der Waals surface area (Å²) in [7, 11) is 1.82. The normalized spacial score (nSPS) is 33.3. The fraction of sp³-hybridized carbons (Fsp3) is 0.857. The zero-order valence-electron chi connectivity index (χ0n) is 12.1. The van der Waals surface area contributed by atoms with E-state index in [9.17, 15) is 14.7 Å². The summed E-state index contributed by atoms with van der Waals surface area (Å²) in [5.41, 5.74) is -0.733. The van der Waals surface area contributed by atoms with Crippen LogP contribution in [-0.4, -0.2) is 53.6 Å². The number of rotatable bonds is 4. The van der Waals surface area contributed by atoms with E-state index in [1.54, 1.807) is 9.80 Å². The zero-order chi connectivity index (χ0) is 14.2. The molecule has 0 radical (unpaired) electrons. The van der Waals surface area contributed by atoms with Gasteiger partial charge in [-0.05, 0) is 31.1 Å².